The molecule has 0 bridgehead atoms. The standard InChI is InChI=1S/C15H23N3O/c1-11-6-12(2)18(17-11)9-14-7-13(10-19-14)8-16-15(3,4)5/h6-7,10,16H,8-9H2,1-5H3. The van der Waals surface area contributed by atoms with Crippen molar-refractivity contribution in [3.05, 3.63) is 41.1 Å². The van der Waals surface area contributed by atoms with Crippen LogP contribution in [0.1, 0.15) is 43.5 Å². The number of furan rings is 1. The van der Waals surface area contributed by atoms with Gasteiger partial charge in [0, 0.05) is 23.3 Å². The molecule has 4 heteroatoms. The summed E-state index contributed by atoms with van der Waals surface area (Å²) in [6.07, 6.45) is 1.82. The van der Waals surface area contributed by atoms with Gasteiger partial charge in [-0.1, -0.05) is 0 Å². The minimum atomic E-state index is 0.118. The Kier molecular flexibility index (Phi) is 3.80. The molecule has 2 aromatic heterocycles. The molecule has 1 N–H and O–H groups in total. The highest BCUT2D eigenvalue weighted by atomic mass is 16.3. The largest absolute Gasteiger partial charge is 0.467 e. The zero-order chi connectivity index (χ0) is 14.0. The first-order chi connectivity index (χ1) is 8.83. The van der Waals surface area contributed by atoms with Crippen LogP contribution in [-0.2, 0) is 13.1 Å². The molecule has 2 rings (SSSR count). The molecular formula is C15H23N3O. The maximum absolute atomic E-state index is 5.60. The lowest BCUT2D eigenvalue weighted by Gasteiger charge is -2.19. The van der Waals surface area contributed by atoms with E-state index in [2.05, 4.69) is 50.2 Å². The predicted octanol–water partition coefficient (Wildman–Crippen LogP) is 3.03. The molecule has 104 valence electrons. The maximum Gasteiger partial charge on any atom is 0.125 e. The molecule has 0 aliphatic heterocycles. The first kappa shape index (κ1) is 13.9. The first-order valence-corrected chi connectivity index (χ1v) is 6.66. The van der Waals surface area contributed by atoms with Gasteiger partial charge in [0.25, 0.3) is 0 Å². The van der Waals surface area contributed by atoms with E-state index in [4.69, 9.17) is 4.42 Å². The third-order valence-electron chi connectivity index (χ3n) is 2.94. The number of hydrogen-bond donors (Lipinski definition) is 1. The van der Waals surface area contributed by atoms with Crippen molar-refractivity contribution in [1.82, 2.24) is 15.1 Å². The van der Waals surface area contributed by atoms with Crippen molar-refractivity contribution in [1.29, 1.82) is 0 Å². The summed E-state index contributed by atoms with van der Waals surface area (Å²) in [4.78, 5) is 0. The molecule has 0 amide bonds. The number of nitrogens with zero attached hydrogens (tertiary/aromatic N) is 2. The van der Waals surface area contributed by atoms with E-state index in [9.17, 15) is 0 Å². The highest BCUT2D eigenvalue weighted by molar-refractivity contribution is 5.15. The van der Waals surface area contributed by atoms with Crippen LogP contribution < -0.4 is 5.32 Å². The second-order valence-corrected chi connectivity index (χ2v) is 6.11. The van der Waals surface area contributed by atoms with Gasteiger partial charge in [0.05, 0.1) is 18.5 Å². The molecule has 2 heterocycles. The third kappa shape index (κ3) is 3.96. The van der Waals surface area contributed by atoms with Crippen LogP contribution in [0.4, 0.5) is 0 Å². The summed E-state index contributed by atoms with van der Waals surface area (Å²) in [5.41, 5.74) is 3.49. The van der Waals surface area contributed by atoms with E-state index in [1.54, 1.807) is 0 Å². The van der Waals surface area contributed by atoms with Crippen molar-refractivity contribution in [3.63, 3.8) is 0 Å². The van der Waals surface area contributed by atoms with Gasteiger partial charge in [-0.2, -0.15) is 5.10 Å². The Morgan fingerprint density at radius 1 is 1.26 bits per heavy atom. The van der Waals surface area contributed by atoms with Crippen molar-refractivity contribution in [2.24, 2.45) is 0 Å². The van der Waals surface area contributed by atoms with Gasteiger partial charge in [-0.25, -0.2) is 0 Å². The van der Waals surface area contributed by atoms with Gasteiger partial charge >= 0.3 is 0 Å². The average molecular weight is 261 g/mol. The highest BCUT2D eigenvalue weighted by Crippen LogP contribution is 2.12. The Bertz CT molecular complexity index is 546. The number of aryl methyl sites for hydroxylation is 2. The van der Waals surface area contributed by atoms with Crippen LogP contribution in [0.3, 0.4) is 0 Å². The summed E-state index contributed by atoms with van der Waals surface area (Å²) < 4.78 is 7.56. The van der Waals surface area contributed by atoms with Gasteiger partial charge in [0.2, 0.25) is 0 Å². The normalized spacial score (nSPS) is 12.1. The lowest BCUT2D eigenvalue weighted by Crippen LogP contribution is -2.34. The SMILES string of the molecule is Cc1cc(C)n(Cc2cc(CNC(C)(C)C)co2)n1. The fourth-order valence-corrected chi connectivity index (χ4v) is 1.95. The van der Waals surface area contributed by atoms with Crippen molar-refractivity contribution in [2.45, 2.75) is 53.2 Å². The average Bonchev–Trinajstić information content (AvgIpc) is 2.83. The number of nitrogens with one attached hydrogen (secondary N) is 1. The van der Waals surface area contributed by atoms with Crippen molar-refractivity contribution in [2.75, 3.05) is 0 Å². The monoisotopic (exact) mass is 261 g/mol. The fraction of sp³-hybridized carbons (Fsp3) is 0.533. The quantitative estimate of drug-likeness (QED) is 0.920. The number of aromatic nitrogens is 2. The molecule has 0 saturated heterocycles. The van der Waals surface area contributed by atoms with Crippen molar-refractivity contribution >= 4 is 0 Å². The van der Waals surface area contributed by atoms with E-state index >= 15 is 0 Å². The summed E-state index contributed by atoms with van der Waals surface area (Å²) in [5.74, 6) is 0.942. The van der Waals surface area contributed by atoms with Crippen molar-refractivity contribution in [3.8, 4) is 0 Å². The molecule has 0 radical (unpaired) electrons. The molecule has 4 nitrogen and oxygen atoms in total. The molecular weight excluding hydrogens is 238 g/mol. The lowest BCUT2D eigenvalue weighted by molar-refractivity contribution is 0.422. The summed E-state index contributed by atoms with van der Waals surface area (Å²) in [6.45, 7) is 12.0. The van der Waals surface area contributed by atoms with Gasteiger partial charge in [-0.05, 0) is 46.8 Å². The van der Waals surface area contributed by atoms with Crippen LogP contribution in [0.25, 0.3) is 0 Å². The second-order valence-electron chi connectivity index (χ2n) is 6.11. The fourth-order valence-electron chi connectivity index (χ4n) is 1.95. The zero-order valence-corrected chi connectivity index (χ0v) is 12.4. The van der Waals surface area contributed by atoms with Gasteiger partial charge in [0.15, 0.2) is 0 Å². The number of hydrogen-bond acceptors (Lipinski definition) is 3. The van der Waals surface area contributed by atoms with Crippen LogP contribution in [0.15, 0.2) is 22.8 Å². The van der Waals surface area contributed by atoms with E-state index in [-0.39, 0.29) is 5.54 Å². The Morgan fingerprint density at radius 3 is 2.58 bits per heavy atom. The van der Waals surface area contributed by atoms with Crippen LogP contribution in [0.2, 0.25) is 0 Å². The molecule has 0 saturated carbocycles. The first-order valence-electron chi connectivity index (χ1n) is 6.66. The van der Waals surface area contributed by atoms with Crippen LogP contribution in [-0.4, -0.2) is 15.3 Å². The zero-order valence-electron chi connectivity index (χ0n) is 12.4. The molecule has 0 aromatic carbocycles. The molecule has 0 atom stereocenters. The Hall–Kier alpha value is -1.55. The van der Waals surface area contributed by atoms with Gasteiger partial charge in [-0.3, -0.25) is 4.68 Å². The molecule has 2 aromatic rings. The van der Waals surface area contributed by atoms with Crippen LogP contribution in [0.5, 0.6) is 0 Å². The Balaban J connectivity index is 1.99. The van der Waals surface area contributed by atoms with E-state index in [0.29, 0.717) is 6.54 Å². The van der Waals surface area contributed by atoms with E-state index in [1.165, 1.54) is 5.56 Å². The van der Waals surface area contributed by atoms with Crippen LogP contribution >= 0.6 is 0 Å². The number of rotatable bonds is 4. The molecule has 0 spiro atoms. The summed E-state index contributed by atoms with van der Waals surface area (Å²) in [5, 5.41) is 7.89. The highest BCUT2D eigenvalue weighted by Gasteiger charge is 2.10. The molecule has 0 aliphatic carbocycles. The lowest BCUT2D eigenvalue weighted by atomic mass is 10.1. The molecule has 0 aliphatic rings. The van der Waals surface area contributed by atoms with Gasteiger partial charge in [-0.15, -0.1) is 0 Å². The molecule has 0 fully saturated rings. The van der Waals surface area contributed by atoms with Crippen LogP contribution in [0, 0.1) is 13.8 Å². The minimum Gasteiger partial charge on any atom is -0.467 e. The molecule has 0 unspecified atom stereocenters. The Morgan fingerprint density at radius 2 is 2.00 bits per heavy atom. The van der Waals surface area contributed by atoms with Gasteiger partial charge in [0.1, 0.15) is 5.76 Å². The maximum atomic E-state index is 5.60. The topological polar surface area (TPSA) is 43.0 Å². The van der Waals surface area contributed by atoms with Crippen molar-refractivity contribution < 1.29 is 4.42 Å². The summed E-state index contributed by atoms with van der Waals surface area (Å²) in [6, 6.07) is 4.17. The van der Waals surface area contributed by atoms with E-state index in [0.717, 1.165) is 23.7 Å². The summed E-state index contributed by atoms with van der Waals surface area (Å²) >= 11 is 0. The Labute approximate surface area is 114 Å². The second kappa shape index (κ2) is 5.21. The third-order valence-corrected chi connectivity index (χ3v) is 2.94. The van der Waals surface area contributed by atoms with E-state index in [1.807, 2.05) is 17.9 Å². The smallest absolute Gasteiger partial charge is 0.125 e. The molecule has 19 heavy (non-hydrogen) atoms. The summed E-state index contributed by atoms with van der Waals surface area (Å²) in [7, 11) is 0. The predicted molar refractivity (Wildman–Crippen MR) is 76.1 cm³/mol. The minimum absolute atomic E-state index is 0.118. The van der Waals surface area contributed by atoms with E-state index < -0.39 is 0 Å². The van der Waals surface area contributed by atoms with Gasteiger partial charge < -0.3 is 9.73 Å².